The van der Waals surface area contributed by atoms with Crippen molar-refractivity contribution in [1.82, 2.24) is 4.90 Å². The number of likely N-dealkylation sites (N-methyl/N-ethyl adjacent to an activating group) is 1. The van der Waals surface area contributed by atoms with E-state index in [0.717, 1.165) is 18.8 Å². The minimum Gasteiger partial charge on any atom is -0.326 e. The Morgan fingerprint density at radius 3 is 1.88 bits per heavy atom. The second kappa shape index (κ2) is 6.75. The van der Waals surface area contributed by atoms with Crippen molar-refractivity contribution in [2.75, 3.05) is 14.1 Å². The van der Waals surface area contributed by atoms with Crippen molar-refractivity contribution < 1.29 is 0 Å². The van der Waals surface area contributed by atoms with Crippen molar-refractivity contribution in [2.24, 2.45) is 11.7 Å². The van der Waals surface area contributed by atoms with Gasteiger partial charge >= 0.3 is 0 Å². The lowest BCUT2D eigenvalue weighted by atomic mass is 9.75. The molecule has 0 aromatic rings. The van der Waals surface area contributed by atoms with E-state index >= 15 is 0 Å². The predicted octanol–water partition coefficient (Wildman–Crippen LogP) is 3.40. The Kier molecular flexibility index (Phi) is 5.94. The van der Waals surface area contributed by atoms with E-state index in [1.807, 2.05) is 0 Å². The van der Waals surface area contributed by atoms with E-state index in [4.69, 9.17) is 5.73 Å². The van der Waals surface area contributed by atoms with E-state index in [-0.39, 0.29) is 5.54 Å². The van der Waals surface area contributed by atoms with Crippen LogP contribution in [0.15, 0.2) is 0 Å². The zero-order chi connectivity index (χ0) is 12.9. The van der Waals surface area contributed by atoms with Crippen molar-refractivity contribution in [1.29, 1.82) is 0 Å². The van der Waals surface area contributed by atoms with Gasteiger partial charge in [0.1, 0.15) is 0 Å². The molecule has 1 aliphatic carbocycles. The predicted molar refractivity (Wildman–Crippen MR) is 76.2 cm³/mol. The first-order chi connectivity index (χ1) is 8.08. The van der Waals surface area contributed by atoms with Gasteiger partial charge in [0.15, 0.2) is 0 Å². The molecule has 2 nitrogen and oxygen atoms in total. The monoisotopic (exact) mass is 240 g/mol. The number of hydrogen-bond acceptors (Lipinski definition) is 2. The third-order valence-electron chi connectivity index (χ3n) is 5.14. The van der Waals surface area contributed by atoms with Gasteiger partial charge in [-0.1, -0.05) is 39.5 Å². The standard InChI is InChI=1S/C15H32N2/c1-5-15(6-2,17(3)4)14(16)13-11-9-7-8-10-12-13/h13-14H,5-12,16H2,1-4H3. The van der Waals surface area contributed by atoms with Crippen LogP contribution in [0.5, 0.6) is 0 Å². The third-order valence-corrected chi connectivity index (χ3v) is 5.14. The number of hydrogen-bond donors (Lipinski definition) is 1. The molecule has 0 saturated heterocycles. The van der Waals surface area contributed by atoms with Crippen molar-refractivity contribution in [2.45, 2.75) is 76.8 Å². The summed E-state index contributed by atoms with van der Waals surface area (Å²) in [6.07, 6.45) is 10.6. The Balaban J connectivity index is 2.78. The molecular formula is C15H32N2. The molecule has 0 heterocycles. The van der Waals surface area contributed by atoms with Crippen LogP contribution in [0.3, 0.4) is 0 Å². The van der Waals surface area contributed by atoms with Crippen LogP contribution < -0.4 is 5.73 Å². The van der Waals surface area contributed by atoms with Crippen LogP contribution in [0, 0.1) is 5.92 Å². The fourth-order valence-electron chi connectivity index (χ4n) is 3.76. The number of rotatable bonds is 5. The smallest absolute Gasteiger partial charge is 0.0351 e. The van der Waals surface area contributed by atoms with E-state index in [2.05, 4.69) is 32.8 Å². The summed E-state index contributed by atoms with van der Waals surface area (Å²) < 4.78 is 0. The number of nitrogens with two attached hydrogens (primary N) is 1. The lowest BCUT2D eigenvalue weighted by Crippen LogP contribution is -2.59. The van der Waals surface area contributed by atoms with Crippen LogP contribution in [0.25, 0.3) is 0 Å². The van der Waals surface area contributed by atoms with Crippen LogP contribution in [0.4, 0.5) is 0 Å². The molecule has 1 fully saturated rings. The van der Waals surface area contributed by atoms with Crippen LogP contribution in [0.1, 0.15) is 65.2 Å². The Bertz CT molecular complexity index is 201. The maximum atomic E-state index is 6.68. The maximum Gasteiger partial charge on any atom is 0.0351 e. The molecule has 102 valence electrons. The van der Waals surface area contributed by atoms with Gasteiger partial charge in [-0.15, -0.1) is 0 Å². The second-order valence-electron chi connectivity index (χ2n) is 5.98. The van der Waals surface area contributed by atoms with Gasteiger partial charge < -0.3 is 10.6 Å². The molecule has 2 heteroatoms. The van der Waals surface area contributed by atoms with Gasteiger partial charge in [-0.25, -0.2) is 0 Å². The summed E-state index contributed by atoms with van der Waals surface area (Å²) in [5.41, 5.74) is 6.88. The van der Waals surface area contributed by atoms with E-state index in [1.165, 1.54) is 38.5 Å². The lowest BCUT2D eigenvalue weighted by Gasteiger charge is -2.46. The minimum absolute atomic E-state index is 0.203. The quantitative estimate of drug-likeness (QED) is 0.746. The van der Waals surface area contributed by atoms with Gasteiger partial charge in [-0.05, 0) is 45.7 Å². The van der Waals surface area contributed by atoms with Gasteiger partial charge in [-0.2, -0.15) is 0 Å². The summed E-state index contributed by atoms with van der Waals surface area (Å²) in [6.45, 7) is 4.58. The van der Waals surface area contributed by atoms with Crippen LogP contribution >= 0.6 is 0 Å². The van der Waals surface area contributed by atoms with Crippen molar-refractivity contribution in [3.05, 3.63) is 0 Å². The highest BCUT2D eigenvalue weighted by atomic mass is 15.2. The van der Waals surface area contributed by atoms with Crippen molar-refractivity contribution in [3.63, 3.8) is 0 Å². The fraction of sp³-hybridized carbons (Fsp3) is 1.00. The normalized spacial score (nSPS) is 21.5. The molecule has 0 spiro atoms. The Labute approximate surface area is 108 Å². The molecule has 2 N–H and O–H groups in total. The van der Waals surface area contributed by atoms with Gasteiger partial charge in [0, 0.05) is 11.6 Å². The average Bonchev–Trinajstić information content (AvgIpc) is 2.59. The molecule has 17 heavy (non-hydrogen) atoms. The van der Waals surface area contributed by atoms with E-state index in [0.29, 0.717) is 6.04 Å². The van der Waals surface area contributed by atoms with Gasteiger partial charge in [0.05, 0.1) is 0 Å². The summed E-state index contributed by atoms with van der Waals surface area (Å²) in [5, 5.41) is 0. The van der Waals surface area contributed by atoms with Crippen LogP contribution in [-0.4, -0.2) is 30.6 Å². The molecule has 0 aliphatic heterocycles. The zero-order valence-corrected chi connectivity index (χ0v) is 12.3. The molecule has 0 aromatic carbocycles. The molecule has 0 aromatic heterocycles. The lowest BCUT2D eigenvalue weighted by molar-refractivity contribution is 0.0742. The average molecular weight is 240 g/mol. The second-order valence-corrected chi connectivity index (χ2v) is 5.98. The van der Waals surface area contributed by atoms with Crippen molar-refractivity contribution in [3.8, 4) is 0 Å². The molecule has 1 unspecified atom stereocenters. The molecule has 1 atom stereocenters. The summed E-state index contributed by atoms with van der Waals surface area (Å²) in [6, 6.07) is 0.339. The highest BCUT2D eigenvalue weighted by Crippen LogP contribution is 2.34. The highest BCUT2D eigenvalue weighted by molar-refractivity contribution is 4.98. The van der Waals surface area contributed by atoms with Crippen molar-refractivity contribution >= 4 is 0 Å². The van der Waals surface area contributed by atoms with Crippen LogP contribution in [0.2, 0.25) is 0 Å². The van der Waals surface area contributed by atoms with Crippen LogP contribution in [-0.2, 0) is 0 Å². The Morgan fingerprint density at radius 1 is 1.06 bits per heavy atom. The largest absolute Gasteiger partial charge is 0.326 e. The van der Waals surface area contributed by atoms with Gasteiger partial charge in [-0.3, -0.25) is 0 Å². The summed E-state index contributed by atoms with van der Waals surface area (Å²) in [5.74, 6) is 0.736. The molecular weight excluding hydrogens is 208 g/mol. The first-order valence-corrected chi connectivity index (χ1v) is 7.51. The summed E-state index contributed by atoms with van der Waals surface area (Å²) in [7, 11) is 4.40. The van der Waals surface area contributed by atoms with Gasteiger partial charge in [0.2, 0.25) is 0 Å². The first kappa shape index (κ1) is 15.0. The Hall–Kier alpha value is -0.0800. The highest BCUT2D eigenvalue weighted by Gasteiger charge is 2.39. The van der Waals surface area contributed by atoms with E-state index in [9.17, 15) is 0 Å². The number of nitrogens with zero attached hydrogens (tertiary/aromatic N) is 1. The Morgan fingerprint density at radius 2 is 1.53 bits per heavy atom. The maximum absolute atomic E-state index is 6.68. The summed E-state index contributed by atoms with van der Waals surface area (Å²) >= 11 is 0. The molecule has 0 radical (unpaired) electrons. The van der Waals surface area contributed by atoms with E-state index < -0.39 is 0 Å². The molecule has 1 rings (SSSR count). The summed E-state index contributed by atoms with van der Waals surface area (Å²) in [4.78, 5) is 2.38. The van der Waals surface area contributed by atoms with Gasteiger partial charge in [0.25, 0.3) is 0 Å². The molecule has 1 saturated carbocycles. The molecule has 0 bridgehead atoms. The zero-order valence-electron chi connectivity index (χ0n) is 12.3. The molecule has 1 aliphatic rings. The SMILES string of the molecule is CCC(CC)(C(N)C1CCCCCC1)N(C)C. The molecule has 0 amide bonds. The van der Waals surface area contributed by atoms with E-state index in [1.54, 1.807) is 0 Å². The fourth-order valence-corrected chi connectivity index (χ4v) is 3.76. The first-order valence-electron chi connectivity index (χ1n) is 7.51. The third kappa shape index (κ3) is 3.23. The topological polar surface area (TPSA) is 29.3 Å². The minimum atomic E-state index is 0.203.